The van der Waals surface area contributed by atoms with Crippen LogP contribution in [-0.4, -0.2) is 44.2 Å². The number of rotatable bonds is 8. The normalized spacial score (nSPS) is 13.7. The number of nitrogens with zero attached hydrogens (tertiary/aromatic N) is 1. The summed E-state index contributed by atoms with van der Waals surface area (Å²) < 4.78 is 22.2. The van der Waals surface area contributed by atoms with Crippen molar-refractivity contribution in [3.8, 4) is 28.7 Å². The molecule has 7 nitrogen and oxygen atoms in total. The van der Waals surface area contributed by atoms with Crippen molar-refractivity contribution in [3.63, 3.8) is 0 Å². The Labute approximate surface area is 198 Å². The molecule has 1 N–H and O–H groups in total. The predicted molar refractivity (Wildman–Crippen MR) is 129 cm³/mol. The van der Waals surface area contributed by atoms with Crippen LogP contribution in [0.1, 0.15) is 27.0 Å². The van der Waals surface area contributed by atoms with E-state index in [1.54, 1.807) is 31.4 Å². The van der Waals surface area contributed by atoms with Gasteiger partial charge in [0.15, 0.2) is 17.3 Å². The highest BCUT2D eigenvalue weighted by molar-refractivity contribution is 6.15. The standard InChI is InChI=1S/C27H27NO6/c1-28(15-17-8-6-5-7-9-17)16-20-21(29)11-10-19-26(30)25(34-27(19)20)13-18-12-23(32-3)24(33-4)14-22(18)31-2/h5-14,29H,15-16H2,1-4H3/b25-13-. The number of aromatic hydroxyl groups is 1. The van der Waals surface area contributed by atoms with E-state index >= 15 is 0 Å². The van der Waals surface area contributed by atoms with Gasteiger partial charge in [-0.15, -0.1) is 0 Å². The van der Waals surface area contributed by atoms with Gasteiger partial charge >= 0.3 is 0 Å². The van der Waals surface area contributed by atoms with Crippen LogP contribution in [0.4, 0.5) is 0 Å². The summed E-state index contributed by atoms with van der Waals surface area (Å²) >= 11 is 0. The lowest BCUT2D eigenvalue weighted by Gasteiger charge is -2.19. The average molecular weight is 462 g/mol. The third kappa shape index (κ3) is 4.56. The number of phenols is 1. The maximum absolute atomic E-state index is 13.1. The smallest absolute Gasteiger partial charge is 0.231 e. The van der Waals surface area contributed by atoms with Gasteiger partial charge in [0.25, 0.3) is 0 Å². The Hall–Kier alpha value is -3.97. The quantitative estimate of drug-likeness (QED) is 0.489. The molecule has 34 heavy (non-hydrogen) atoms. The van der Waals surface area contributed by atoms with Crippen molar-refractivity contribution >= 4 is 11.9 Å². The van der Waals surface area contributed by atoms with Crippen LogP contribution in [0.25, 0.3) is 6.08 Å². The molecule has 0 fully saturated rings. The van der Waals surface area contributed by atoms with Gasteiger partial charge in [-0.1, -0.05) is 30.3 Å². The van der Waals surface area contributed by atoms with Gasteiger partial charge in [-0.3, -0.25) is 9.69 Å². The van der Waals surface area contributed by atoms with E-state index in [4.69, 9.17) is 18.9 Å². The molecule has 7 heteroatoms. The SMILES string of the molecule is COc1cc(OC)c(OC)cc1/C=C1\Oc2c(ccc(O)c2CN(C)Cc2ccccc2)C1=O. The van der Waals surface area contributed by atoms with Crippen LogP contribution in [0.3, 0.4) is 0 Å². The van der Waals surface area contributed by atoms with E-state index in [0.29, 0.717) is 52.8 Å². The van der Waals surface area contributed by atoms with Crippen LogP contribution in [0.5, 0.6) is 28.7 Å². The molecule has 0 saturated heterocycles. The van der Waals surface area contributed by atoms with Crippen LogP contribution in [0.2, 0.25) is 0 Å². The number of Topliss-reactive ketones (excluding diaryl/α,β-unsaturated/α-hetero) is 1. The van der Waals surface area contributed by atoms with Gasteiger partial charge in [0.2, 0.25) is 5.78 Å². The summed E-state index contributed by atoms with van der Waals surface area (Å²) in [7, 11) is 6.57. The molecule has 176 valence electrons. The monoisotopic (exact) mass is 461 g/mol. The second-order valence-corrected chi connectivity index (χ2v) is 7.99. The number of methoxy groups -OCH3 is 3. The number of hydrogen-bond acceptors (Lipinski definition) is 7. The molecule has 1 heterocycles. The fraction of sp³-hybridized carbons (Fsp3) is 0.222. The van der Waals surface area contributed by atoms with Crippen molar-refractivity contribution in [1.82, 2.24) is 4.90 Å². The maximum atomic E-state index is 13.1. The molecule has 3 aromatic carbocycles. The number of ketones is 1. The minimum atomic E-state index is -0.265. The molecular weight excluding hydrogens is 434 g/mol. The first-order valence-corrected chi connectivity index (χ1v) is 10.8. The number of fused-ring (bicyclic) bond motifs is 1. The Balaban J connectivity index is 1.65. The summed E-state index contributed by atoms with van der Waals surface area (Å²) in [6, 6.07) is 16.6. The summed E-state index contributed by atoms with van der Waals surface area (Å²) in [5.74, 6) is 1.84. The summed E-state index contributed by atoms with van der Waals surface area (Å²) in [5, 5.41) is 10.6. The number of carbonyl (C=O) groups is 1. The van der Waals surface area contributed by atoms with Crippen molar-refractivity contribution in [2.75, 3.05) is 28.4 Å². The third-order valence-corrected chi connectivity index (χ3v) is 5.66. The van der Waals surface area contributed by atoms with Crippen molar-refractivity contribution in [3.05, 3.63) is 82.6 Å². The van der Waals surface area contributed by atoms with E-state index in [-0.39, 0.29) is 17.3 Å². The number of phenolic OH excluding ortho intramolecular Hbond substituents is 1. The highest BCUT2D eigenvalue weighted by Gasteiger charge is 2.32. The van der Waals surface area contributed by atoms with Crippen LogP contribution in [0, 0.1) is 0 Å². The molecule has 0 aromatic heterocycles. The number of allylic oxidation sites excluding steroid dienone is 1. The predicted octanol–water partition coefficient (Wildman–Crippen LogP) is 4.67. The fourth-order valence-corrected chi connectivity index (χ4v) is 3.98. The average Bonchev–Trinajstić information content (AvgIpc) is 3.16. The topological polar surface area (TPSA) is 77.5 Å². The van der Waals surface area contributed by atoms with Crippen LogP contribution in [0.15, 0.2) is 60.4 Å². The van der Waals surface area contributed by atoms with E-state index in [2.05, 4.69) is 4.90 Å². The molecule has 0 bridgehead atoms. The second-order valence-electron chi connectivity index (χ2n) is 7.99. The number of ether oxygens (including phenoxy) is 4. The lowest BCUT2D eigenvalue weighted by Crippen LogP contribution is -2.17. The highest BCUT2D eigenvalue weighted by Crippen LogP contribution is 2.42. The molecule has 0 radical (unpaired) electrons. The van der Waals surface area contributed by atoms with Crippen molar-refractivity contribution in [1.29, 1.82) is 0 Å². The Morgan fingerprint density at radius 3 is 2.26 bits per heavy atom. The van der Waals surface area contributed by atoms with E-state index in [1.807, 2.05) is 37.4 Å². The van der Waals surface area contributed by atoms with E-state index < -0.39 is 0 Å². The minimum Gasteiger partial charge on any atom is -0.507 e. The fourth-order valence-electron chi connectivity index (χ4n) is 3.98. The maximum Gasteiger partial charge on any atom is 0.231 e. The lowest BCUT2D eigenvalue weighted by molar-refractivity contribution is 0.101. The van der Waals surface area contributed by atoms with Gasteiger partial charge < -0.3 is 24.1 Å². The summed E-state index contributed by atoms with van der Waals surface area (Å²) in [4.78, 5) is 15.2. The summed E-state index contributed by atoms with van der Waals surface area (Å²) in [6.45, 7) is 1.09. The zero-order valence-corrected chi connectivity index (χ0v) is 19.6. The molecule has 0 amide bonds. The molecule has 0 saturated carbocycles. The molecule has 0 spiro atoms. The van der Waals surface area contributed by atoms with E-state index in [0.717, 1.165) is 5.56 Å². The second kappa shape index (κ2) is 9.89. The lowest BCUT2D eigenvalue weighted by atomic mass is 10.0. The first kappa shape index (κ1) is 23.2. The van der Waals surface area contributed by atoms with E-state index in [1.165, 1.54) is 20.3 Å². The zero-order chi connectivity index (χ0) is 24.2. The third-order valence-electron chi connectivity index (χ3n) is 5.66. The molecule has 0 aliphatic carbocycles. The summed E-state index contributed by atoms with van der Waals surface area (Å²) in [6.07, 6.45) is 1.61. The first-order chi connectivity index (χ1) is 16.4. The molecule has 0 atom stereocenters. The Morgan fingerprint density at radius 1 is 0.912 bits per heavy atom. The molecule has 4 rings (SSSR count). The summed E-state index contributed by atoms with van der Waals surface area (Å²) in [5.41, 5.74) is 2.72. The molecular formula is C27H27NO6. The highest BCUT2D eigenvalue weighted by atomic mass is 16.5. The van der Waals surface area contributed by atoms with Crippen molar-refractivity contribution in [2.24, 2.45) is 0 Å². The number of hydrogen-bond donors (Lipinski definition) is 1. The van der Waals surface area contributed by atoms with Gasteiger partial charge in [-0.05, 0) is 36.9 Å². The van der Waals surface area contributed by atoms with Gasteiger partial charge in [-0.25, -0.2) is 0 Å². The van der Waals surface area contributed by atoms with E-state index in [9.17, 15) is 9.90 Å². The Morgan fingerprint density at radius 2 is 1.59 bits per heavy atom. The zero-order valence-electron chi connectivity index (χ0n) is 19.6. The Kier molecular flexibility index (Phi) is 6.75. The molecule has 1 aliphatic heterocycles. The van der Waals surface area contributed by atoms with Crippen molar-refractivity contribution < 1.29 is 28.8 Å². The van der Waals surface area contributed by atoms with Crippen LogP contribution >= 0.6 is 0 Å². The number of benzene rings is 3. The van der Waals surface area contributed by atoms with Crippen LogP contribution in [-0.2, 0) is 13.1 Å². The van der Waals surface area contributed by atoms with Gasteiger partial charge in [0, 0.05) is 24.7 Å². The van der Waals surface area contributed by atoms with Gasteiger partial charge in [-0.2, -0.15) is 0 Å². The first-order valence-electron chi connectivity index (χ1n) is 10.8. The van der Waals surface area contributed by atoms with Crippen LogP contribution < -0.4 is 18.9 Å². The minimum absolute atomic E-state index is 0.0800. The van der Waals surface area contributed by atoms with Gasteiger partial charge in [0.1, 0.15) is 17.2 Å². The Bertz CT molecular complexity index is 1240. The van der Waals surface area contributed by atoms with Crippen molar-refractivity contribution in [2.45, 2.75) is 13.1 Å². The molecule has 1 aliphatic rings. The molecule has 0 unspecified atom stereocenters. The molecule has 3 aromatic rings. The largest absolute Gasteiger partial charge is 0.507 e. The van der Waals surface area contributed by atoms with Gasteiger partial charge in [0.05, 0.1) is 32.5 Å². The number of carbonyl (C=O) groups excluding carboxylic acids is 1.